The summed E-state index contributed by atoms with van der Waals surface area (Å²) in [6.45, 7) is 9.86. The summed E-state index contributed by atoms with van der Waals surface area (Å²) in [5, 5.41) is 10.5. The summed E-state index contributed by atoms with van der Waals surface area (Å²) in [5.41, 5.74) is 4.80. The molecule has 0 saturated heterocycles. The Balaban J connectivity index is 1.67. The normalized spacial score (nSPS) is 15.6. The van der Waals surface area contributed by atoms with Gasteiger partial charge in [-0.05, 0) is 76.2 Å². The van der Waals surface area contributed by atoms with E-state index in [4.69, 9.17) is 31.2 Å². The van der Waals surface area contributed by atoms with Gasteiger partial charge in [0.2, 0.25) is 0 Å². The van der Waals surface area contributed by atoms with Crippen LogP contribution in [0.5, 0.6) is 17.2 Å². The Kier molecular flexibility index (Phi) is 11.3. The van der Waals surface area contributed by atoms with Gasteiger partial charge in [-0.2, -0.15) is 5.10 Å². The van der Waals surface area contributed by atoms with Gasteiger partial charge in [0, 0.05) is 11.3 Å². The van der Waals surface area contributed by atoms with Crippen molar-refractivity contribution in [3.63, 3.8) is 0 Å². The van der Waals surface area contributed by atoms with Gasteiger partial charge >= 0.3 is 5.97 Å². The third kappa shape index (κ3) is 8.19. The maximum atomic E-state index is 12.7. The number of para-hydroxylation sites is 1. The minimum atomic E-state index is -0.614. The molecule has 0 radical (unpaired) electrons. The van der Waals surface area contributed by atoms with Gasteiger partial charge in [0.15, 0.2) is 23.2 Å². The molecular formula is C29H36N4O6S. The van der Waals surface area contributed by atoms with E-state index in [1.54, 1.807) is 38.1 Å². The van der Waals surface area contributed by atoms with Gasteiger partial charge < -0.3 is 29.6 Å². The molecule has 3 rings (SSSR count). The molecule has 1 aliphatic heterocycles. The zero-order valence-corrected chi connectivity index (χ0v) is 24.2. The fourth-order valence-electron chi connectivity index (χ4n) is 3.88. The molecule has 2 atom stereocenters. The maximum Gasteiger partial charge on any atom is 0.338 e. The van der Waals surface area contributed by atoms with Crippen LogP contribution in [0.1, 0.15) is 58.2 Å². The van der Waals surface area contributed by atoms with E-state index >= 15 is 0 Å². The molecule has 0 unspecified atom stereocenters. The second-order valence-electron chi connectivity index (χ2n) is 8.89. The molecule has 1 aliphatic rings. The van der Waals surface area contributed by atoms with Crippen molar-refractivity contribution in [3.8, 4) is 17.2 Å². The van der Waals surface area contributed by atoms with Crippen molar-refractivity contribution < 1.29 is 28.5 Å². The molecule has 2 aromatic rings. The van der Waals surface area contributed by atoms with Gasteiger partial charge in [-0.25, -0.2) is 10.2 Å². The molecule has 0 saturated carbocycles. The summed E-state index contributed by atoms with van der Waals surface area (Å²) in [5.74, 6) is 0.747. The standard InChI is InChI=1S/C29H36N4O6S/c1-6-18(4)39-23-14-13-20(15-24(23)36-7-2)16-30-33-25(34)17-38-22-12-10-9-11-21(22)27-26(28(35)37-8-3)19(5)31-29(40)32-27/h9-16,18,27H,6-8,17H2,1-5H3,(H,33,34)(H2,31,32,40)/t18-,27-/m1/s1. The lowest BCUT2D eigenvalue weighted by molar-refractivity contribution is -0.139. The third-order valence-corrected chi connectivity index (χ3v) is 6.15. The van der Waals surface area contributed by atoms with E-state index in [0.717, 1.165) is 12.0 Å². The highest BCUT2D eigenvalue weighted by Gasteiger charge is 2.32. The van der Waals surface area contributed by atoms with Crippen LogP contribution in [0.15, 0.2) is 58.8 Å². The van der Waals surface area contributed by atoms with Crippen molar-refractivity contribution in [3.05, 3.63) is 64.9 Å². The second kappa shape index (κ2) is 14.9. The van der Waals surface area contributed by atoms with Crippen molar-refractivity contribution in [1.82, 2.24) is 16.1 Å². The zero-order valence-electron chi connectivity index (χ0n) is 23.4. The fraction of sp³-hybridized carbons (Fsp3) is 0.379. The van der Waals surface area contributed by atoms with E-state index in [0.29, 0.717) is 45.8 Å². The molecule has 0 bridgehead atoms. The Bertz CT molecular complexity index is 1280. The highest BCUT2D eigenvalue weighted by atomic mass is 32.1. The maximum absolute atomic E-state index is 12.7. The molecule has 0 aromatic heterocycles. The van der Waals surface area contributed by atoms with Crippen LogP contribution in [-0.4, -0.2) is 49.1 Å². The number of nitrogens with one attached hydrogen (secondary N) is 3. The highest BCUT2D eigenvalue weighted by molar-refractivity contribution is 7.80. The number of hydrogen-bond donors (Lipinski definition) is 3. The van der Waals surface area contributed by atoms with Gasteiger partial charge in [0.1, 0.15) is 5.75 Å². The summed E-state index contributed by atoms with van der Waals surface area (Å²) in [4.78, 5) is 25.2. The number of nitrogens with zero attached hydrogens (tertiary/aromatic N) is 1. The molecule has 2 aromatic carbocycles. The average molecular weight is 569 g/mol. The Morgan fingerprint density at radius 1 is 1.07 bits per heavy atom. The lowest BCUT2D eigenvalue weighted by Crippen LogP contribution is -2.45. The zero-order chi connectivity index (χ0) is 29.1. The van der Waals surface area contributed by atoms with Gasteiger partial charge in [0.05, 0.1) is 37.1 Å². The van der Waals surface area contributed by atoms with Crippen molar-refractivity contribution in [2.24, 2.45) is 5.10 Å². The summed E-state index contributed by atoms with van der Waals surface area (Å²) in [7, 11) is 0. The van der Waals surface area contributed by atoms with E-state index in [-0.39, 0.29) is 19.3 Å². The van der Waals surface area contributed by atoms with E-state index in [1.165, 1.54) is 6.21 Å². The Labute approximate surface area is 240 Å². The number of amides is 1. The van der Waals surface area contributed by atoms with Crippen molar-refractivity contribution in [1.29, 1.82) is 0 Å². The lowest BCUT2D eigenvalue weighted by atomic mass is 9.95. The first-order valence-corrected chi connectivity index (χ1v) is 13.6. The van der Waals surface area contributed by atoms with Crippen molar-refractivity contribution >= 4 is 35.4 Å². The molecule has 1 amide bonds. The minimum Gasteiger partial charge on any atom is -0.490 e. The Morgan fingerprint density at radius 2 is 1.85 bits per heavy atom. The predicted octanol–water partition coefficient (Wildman–Crippen LogP) is 4.15. The lowest BCUT2D eigenvalue weighted by Gasteiger charge is -2.30. The third-order valence-electron chi connectivity index (χ3n) is 5.93. The van der Waals surface area contributed by atoms with Gasteiger partial charge in [-0.3, -0.25) is 4.79 Å². The number of rotatable bonds is 13. The Morgan fingerprint density at radius 3 is 2.58 bits per heavy atom. The average Bonchev–Trinajstić information content (AvgIpc) is 2.93. The van der Waals surface area contributed by atoms with Gasteiger partial charge in [0.25, 0.3) is 5.91 Å². The summed E-state index contributed by atoms with van der Waals surface area (Å²) < 4.78 is 22.7. The summed E-state index contributed by atoms with van der Waals surface area (Å²) in [6.07, 6.45) is 2.44. The smallest absolute Gasteiger partial charge is 0.338 e. The number of allylic oxidation sites excluding steroid dienone is 1. The molecular weight excluding hydrogens is 532 g/mol. The van der Waals surface area contributed by atoms with Gasteiger partial charge in [-0.1, -0.05) is 25.1 Å². The van der Waals surface area contributed by atoms with Crippen LogP contribution in [0.3, 0.4) is 0 Å². The SMILES string of the molecule is CCOC(=O)C1=C(C)NC(=S)N[C@@H]1c1ccccc1OCC(=O)NN=Cc1ccc(O[C@H](C)CC)c(OCC)c1. The van der Waals surface area contributed by atoms with Crippen LogP contribution in [0, 0.1) is 0 Å². The fourth-order valence-corrected chi connectivity index (χ4v) is 4.15. The predicted molar refractivity (Wildman–Crippen MR) is 157 cm³/mol. The molecule has 0 fully saturated rings. The topological polar surface area (TPSA) is 120 Å². The van der Waals surface area contributed by atoms with E-state index in [9.17, 15) is 9.59 Å². The Hall–Kier alpha value is -4.12. The number of thiocarbonyl (C=S) groups is 1. The van der Waals surface area contributed by atoms with E-state index in [1.807, 2.05) is 32.0 Å². The van der Waals surface area contributed by atoms with Crippen LogP contribution in [0.2, 0.25) is 0 Å². The van der Waals surface area contributed by atoms with E-state index < -0.39 is 17.9 Å². The molecule has 11 heteroatoms. The van der Waals surface area contributed by atoms with Crippen LogP contribution in [0.25, 0.3) is 0 Å². The number of benzene rings is 2. The van der Waals surface area contributed by atoms with Crippen molar-refractivity contribution in [2.75, 3.05) is 19.8 Å². The second-order valence-corrected chi connectivity index (χ2v) is 9.29. The summed E-state index contributed by atoms with van der Waals surface area (Å²) >= 11 is 5.31. The highest BCUT2D eigenvalue weighted by Crippen LogP contribution is 2.33. The quantitative estimate of drug-likeness (QED) is 0.142. The number of hydrogen-bond acceptors (Lipinski definition) is 8. The van der Waals surface area contributed by atoms with Crippen LogP contribution >= 0.6 is 12.2 Å². The number of carbonyl (C=O) groups is 2. The van der Waals surface area contributed by atoms with Crippen molar-refractivity contribution in [2.45, 2.75) is 53.2 Å². The molecule has 214 valence electrons. The van der Waals surface area contributed by atoms with Crippen LogP contribution in [0.4, 0.5) is 0 Å². The number of carbonyl (C=O) groups excluding carboxylic acids is 2. The van der Waals surface area contributed by atoms with Gasteiger partial charge in [-0.15, -0.1) is 0 Å². The first kappa shape index (κ1) is 30.4. The van der Waals surface area contributed by atoms with Crippen LogP contribution < -0.4 is 30.3 Å². The minimum absolute atomic E-state index is 0.0575. The first-order valence-electron chi connectivity index (χ1n) is 13.2. The largest absolute Gasteiger partial charge is 0.490 e. The molecule has 0 aliphatic carbocycles. The molecule has 10 nitrogen and oxygen atoms in total. The number of esters is 1. The van der Waals surface area contributed by atoms with Crippen LogP contribution in [-0.2, 0) is 14.3 Å². The molecule has 40 heavy (non-hydrogen) atoms. The molecule has 0 spiro atoms. The number of ether oxygens (including phenoxy) is 4. The monoisotopic (exact) mass is 568 g/mol. The molecule has 3 N–H and O–H groups in total. The first-order chi connectivity index (χ1) is 19.3. The van der Waals surface area contributed by atoms with E-state index in [2.05, 4.69) is 28.1 Å². The number of hydrazone groups is 1. The molecule has 1 heterocycles. The summed E-state index contributed by atoms with van der Waals surface area (Å²) in [6, 6.07) is 11.9.